The van der Waals surface area contributed by atoms with Crippen molar-refractivity contribution in [2.45, 2.75) is 13.8 Å². The van der Waals surface area contributed by atoms with Crippen LogP contribution in [-0.2, 0) is 0 Å². The van der Waals surface area contributed by atoms with Gasteiger partial charge in [0.2, 0.25) is 0 Å². The normalized spacial score (nSPS) is 10.7. The maximum Gasteiger partial charge on any atom is 0.0708 e. The van der Waals surface area contributed by atoms with Crippen LogP contribution in [0.1, 0.15) is 11.1 Å². The predicted molar refractivity (Wildman–Crippen MR) is 56.2 cm³/mol. The van der Waals surface area contributed by atoms with E-state index in [0.717, 1.165) is 21.5 Å². The van der Waals surface area contributed by atoms with Gasteiger partial charge in [-0.3, -0.25) is 4.98 Å². The lowest BCUT2D eigenvalue weighted by Crippen LogP contribution is -1.85. The van der Waals surface area contributed by atoms with Gasteiger partial charge in [-0.1, -0.05) is 23.7 Å². The zero-order valence-electron chi connectivity index (χ0n) is 7.63. The van der Waals surface area contributed by atoms with Crippen LogP contribution in [0.5, 0.6) is 0 Å². The largest absolute Gasteiger partial charge is 0.255 e. The van der Waals surface area contributed by atoms with E-state index < -0.39 is 0 Å². The molecule has 0 atom stereocenters. The molecule has 0 radical (unpaired) electrons. The van der Waals surface area contributed by atoms with Crippen molar-refractivity contribution in [2.24, 2.45) is 0 Å². The Morgan fingerprint density at radius 3 is 2.77 bits per heavy atom. The van der Waals surface area contributed by atoms with Crippen molar-refractivity contribution in [1.82, 2.24) is 4.98 Å². The monoisotopic (exact) mass is 191 g/mol. The highest BCUT2D eigenvalue weighted by atomic mass is 35.5. The Morgan fingerprint density at radius 2 is 2.00 bits per heavy atom. The average molecular weight is 192 g/mol. The van der Waals surface area contributed by atoms with Crippen LogP contribution in [0.25, 0.3) is 10.9 Å². The number of aryl methyl sites for hydroxylation is 2. The minimum Gasteiger partial charge on any atom is -0.255 e. The molecule has 1 nitrogen and oxygen atoms in total. The number of fused-ring (bicyclic) bond motifs is 1. The van der Waals surface area contributed by atoms with Crippen LogP contribution in [0.4, 0.5) is 0 Å². The number of rotatable bonds is 0. The van der Waals surface area contributed by atoms with E-state index in [0.29, 0.717) is 0 Å². The zero-order valence-corrected chi connectivity index (χ0v) is 8.39. The molecular weight excluding hydrogens is 182 g/mol. The number of hydrogen-bond acceptors (Lipinski definition) is 1. The summed E-state index contributed by atoms with van der Waals surface area (Å²) >= 11 is 5.96. The SMILES string of the molecule is Cc1ccc2c(C)c(Cl)cnc2c1. The number of hydrogen-bond donors (Lipinski definition) is 0. The van der Waals surface area contributed by atoms with E-state index in [-0.39, 0.29) is 0 Å². The molecule has 0 bridgehead atoms. The zero-order chi connectivity index (χ0) is 9.42. The summed E-state index contributed by atoms with van der Waals surface area (Å²) in [6, 6.07) is 6.21. The molecule has 2 rings (SSSR count). The van der Waals surface area contributed by atoms with Gasteiger partial charge in [-0.25, -0.2) is 0 Å². The summed E-state index contributed by atoms with van der Waals surface area (Å²) in [5.74, 6) is 0. The number of benzene rings is 1. The first-order chi connectivity index (χ1) is 6.18. The van der Waals surface area contributed by atoms with E-state index in [1.165, 1.54) is 5.56 Å². The Hall–Kier alpha value is -1.08. The summed E-state index contributed by atoms with van der Waals surface area (Å²) in [5.41, 5.74) is 3.34. The third-order valence-electron chi connectivity index (χ3n) is 2.23. The molecule has 2 aromatic rings. The Labute approximate surface area is 82.4 Å². The first kappa shape index (κ1) is 8.52. The van der Waals surface area contributed by atoms with E-state index in [1.54, 1.807) is 6.20 Å². The van der Waals surface area contributed by atoms with Crippen LogP contribution < -0.4 is 0 Å². The third kappa shape index (κ3) is 1.40. The van der Waals surface area contributed by atoms with Crippen LogP contribution in [-0.4, -0.2) is 4.98 Å². The van der Waals surface area contributed by atoms with Gasteiger partial charge in [-0.2, -0.15) is 0 Å². The molecule has 1 aromatic carbocycles. The third-order valence-corrected chi connectivity index (χ3v) is 2.61. The lowest BCUT2D eigenvalue weighted by atomic mass is 10.1. The highest BCUT2D eigenvalue weighted by Gasteiger charge is 2.01. The minimum absolute atomic E-state index is 0.733. The predicted octanol–water partition coefficient (Wildman–Crippen LogP) is 3.51. The highest BCUT2D eigenvalue weighted by Crippen LogP contribution is 2.23. The van der Waals surface area contributed by atoms with Crippen molar-refractivity contribution >= 4 is 22.5 Å². The Kier molecular flexibility index (Phi) is 1.97. The Balaban J connectivity index is 2.87. The molecule has 0 N–H and O–H groups in total. The van der Waals surface area contributed by atoms with Gasteiger partial charge in [0.15, 0.2) is 0 Å². The van der Waals surface area contributed by atoms with Gasteiger partial charge in [0.05, 0.1) is 10.5 Å². The van der Waals surface area contributed by atoms with E-state index in [1.807, 2.05) is 6.92 Å². The van der Waals surface area contributed by atoms with Crippen molar-refractivity contribution in [3.05, 3.63) is 40.5 Å². The minimum atomic E-state index is 0.733. The van der Waals surface area contributed by atoms with Gasteiger partial charge in [-0.15, -0.1) is 0 Å². The molecule has 66 valence electrons. The van der Waals surface area contributed by atoms with E-state index in [2.05, 4.69) is 30.1 Å². The highest BCUT2D eigenvalue weighted by molar-refractivity contribution is 6.32. The number of pyridine rings is 1. The van der Waals surface area contributed by atoms with Crippen LogP contribution in [0.15, 0.2) is 24.4 Å². The van der Waals surface area contributed by atoms with Crippen molar-refractivity contribution in [1.29, 1.82) is 0 Å². The molecule has 0 unspecified atom stereocenters. The van der Waals surface area contributed by atoms with Gasteiger partial charge in [0.25, 0.3) is 0 Å². The fraction of sp³-hybridized carbons (Fsp3) is 0.182. The van der Waals surface area contributed by atoms with E-state index in [4.69, 9.17) is 11.6 Å². The van der Waals surface area contributed by atoms with E-state index in [9.17, 15) is 0 Å². The van der Waals surface area contributed by atoms with Crippen LogP contribution >= 0.6 is 11.6 Å². The molecule has 0 amide bonds. The fourth-order valence-electron chi connectivity index (χ4n) is 1.42. The van der Waals surface area contributed by atoms with Crippen LogP contribution in [0, 0.1) is 13.8 Å². The van der Waals surface area contributed by atoms with Gasteiger partial charge in [0, 0.05) is 11.6 Å². The maximum atomic E-state index is 5.96. The lowest BCUT2D eigenvalue weighted by molar-refractivity contribution is 1.35. The summed E-state index contributed by atoms with van der Waals surface area (Å²) in [7, 11) is 0. The van der Waals surface area contributed by atoms with Gasteiger partial charge in [0.1, 0.15) is 0 Å². The van der Waals surface area contributed by atoms with Gasteiger partial charge >= 0.3 is 0 Å². The van der Waals surface area contributed by atoms with Crippen LogP contribution in [0.3, 0.4) is 0 Å². The number of halogens is 1. The first-order valence-electron chi connectivity index (χ1n) is 4.20. The second-order valence-electron chi connectivity index (χ2n) is 3.25. The van der Waals surface area contributed by atoms with Gasteiger partial charge in [-0.05, 0) is 31.0 Å². The molecule has 0 aliphatic carbocycles. The lowest BCUT2D eigenvalue weighted by Gasteiger charge is -2.03. The van der Waals surface area contributed by atoms with Crippen molar-refractivity contribution in [3.8, 4) is 0 Å². The standard InChI is InChI=1S/C11H10ClN/c1-7-3-4-9-8(2)10(12)6-13-11(9)5-7/h3-6H,1-2H3. The summed E-state index contributed by atoms with van der Waals surface area (Å²) in [6.07, 6.45) is 1.71. The molecule has 0 aliphatic heterocycles. The molecule has 0 aliphatic rings. The first-order valence-corrected chi connectivity index (χ1v) is 4.58. The number of nitrogens with zero attached hydrogens (tertiary/aromatic N) is 1. The summed E-state index contributed by atoms with van der Waals surface area (Å²) in [5, 5.41) is 1.87. The smallest absolute Gasteiger partial charge is 0.0708 e. The summed E-state index contributed by atoms with van der Waals surface area (Å²) in [6.45, 7) is 4.08. The summed E-state index contributed by atoms with van der Waals surface area (Å²) < 4.78 is 0. The topological polar surface area (TPSA) is 12.9 Å². The Bertz CT molecular complexity index is 463. The quantitative estimate of drug-likeness (QED) is 0.621. The molecule has 1 aromatic heterocycles. The molecule has 0 saturated heterocycles. The van der Waals surface area contributed by atoms with Crippen molar-refractivity contribution in [3.63, 3.8) is 0 Å². The molecular formula is C11H10ClN. The number of aromatic nitrogens is 1. The average Bonchev–Trinajstić information content (AvgIpc) is 2.12. The molecule has 2 heteroatoms. The molecule has 0 spiro atoms. The van der Waals surface area contributed by atoms with E-state index >= 15 is 0 Å². The van der Waals surface area contributed by atoms with Crippen molar-refractivity contribution in [2.75, 3.05) is 0 Å². The fourth-order valence-corrected chi connectivity index (χ4v) is 1.57. The van der Waals surface area contributed by atoms with Crippen LogP contribution in [0.2, 0.25) is 5.02 Å². The molecule has 1 heterocycles. The molecule has 0 saturated carbocycles. The molecule has 13 heavy (non-hydrogen) atoms. The second kappa shape index (κ2) is 3.00. The maximum absolute atomic E-state index is 5.96. The Morgan fingerprint density at radius 1 is 1.23 bits per heavy atom. The second-order valence-corrected chi connectivity index (χ2v) is 3.66. The van der Waals surface area contributed by atoms with Crippen molar-refractivity contribution < 1.29 is 0 Å². The summed E-state index contributed by atoms with van der Waals surface area (Å²) in [4.78, 5) is 4.27. The van der Waals surface area contributed by atoms with Gasteiger partial charge < -0.3 is 0 Å². The molecule has 0 fully saturated rings.